The van der Waals surface area contributed by atoms with E-state index in [2.05, 4.69) is 6.08 Å². The van der Waals surface area contributed by atoms with E-state index in [4.69, 9.17) is 9.15 Å². The van der Waals surface area contributed by atoms with Crippen molar-refractivity contribution < 1.29 is 19.1 Å². The van der Waals surface area contributed by atoms with Gasteiger partial charge in [0.1, 0.15) is 11.5 Å². The monoisotopic (exact) mass is 376 g/mol. The Morgan fingerprint density at radius 3 is 2.75 bits per heavy atom. The Morgan fingerprint density at radius 2 is 2.04 bits per heavy atom. The van der Waals surface area contributed by atoms with E-state index in [1.54, 1.807) is 13.2 Å². The smallest absolute Gasteiger partial charge is 0.338 e. The molecule has 4 rings (SSSR count). The largest absolute Gasteiger partial charge is 0.511 e. The highest BCUT2D eigenvalue weighted by Crippen LogP contribution is 2.48. The summed E-state index contributed by atoms with van der Waals surface area (Å²) in [6, 6.07) is 13.7. The summed E-state index contributed by atoms with van der Waals surface area (Å²) < 4.78 is 10.8. The van der Waals surface area contributed by atoms with Gasteiger partial charge in [0.2, 0.25) is 0 Å². The lowest BCUT2D eigenvalue weighted by atomic mass is 9.70. The van der Waals surface area contributed by atoms with E-state index in [0.29, 0.717) is 12.0 Å². The summed E-state index contributed by atoms with van der Waals surface area (Å²) in [7, 11) is 0. The minimum Gasteiger partial charge on any atom is -0.511 e. The predicted molar refractivity (Wildman–Crippen MR) is 108 cm³/mol. The zero-order valence-electron chi connectivity index (χ0n) is 16.0. The molecule has 1 aromatic carbocycles. The number of carbonyl (C=O) groups is 1. The Labute approximate surface area is 164 Å². The van der Waals surface area contributed by atoms with Crippen molar-refractivity contribution in [3.8, 4) is 0 Å². The van der Waals surface area contributed by atoms with Crippen LogP contribution < -0.4 is 0 Å². The Balaban J connectivity index is 1.84. The molecule has 0 fully saturated rings. The number of aliphatic hydroxyl groups is 1. The molecular weight excluding hydrogens is 352 g/mol. The lowest BCUT2D eigenvalue weighted by Crippen LogP contribution is -2.25. The number of esters is 1. The van der Waals surface area contributed by atoms with Gasteiger partial charge in [0, 0.05) is 12.3 Å². The third-order valence-corrected chi connectivity index (χ3v) is 5.45. The zero-order chi connectivity index (χ0) is 19.5. The first-order valence-corrected chi connectivity index (χ1v) is 9.79. The van der Waals surface area contributed by atoms with Gasteiger partial charge in [0.05, 0.1) is 18.4 Å². The summed E-state index contributed by atoms with van der Waals surface area (Å²) in [6.45, 7) is 2.07. The minimum atomic E-state index is -0.428. The maximum Gasteiger partial charge on any atom is 0.338 e. The van der Waals surface area contributed by atoms with Crippen LogP contribution in [0.1, 0.15) is 49.8 Å². The van der Waals surface area contributed by atoms with Gasteiger partial charge in [-0.15, -0.1) is 0 Å². The minimum absolute atomic E-state index is 0.110. The molecule has 0 spiro atoms. The van der Waals surface area contributed by atoms with Crippen LogP contribution in [0.4, 0.5) is 0 Å². The molecule has 0 amide bonds. The third-order valence-electron chi connectivity index (χ3n) is 5.45. The van der Waals surface area contributed by atoms with Crippen molar-refractivity contribution in [1.82, 2.24) is 0 Å². The molecule has 0 bridgehead atoms. The van der Waals surface area contributed by atoms with Gasteiger partial charge in [-0.05, 0) is 61.1 Å². The van der Waals surface area contributed by atoms with Crippen molar-refractivity contribution in [3.63, 3.8) is 0 Å². The lowest BCUT2D eigenvalue weighted by molar-refractivity contribution is -0.139. The Kier molecular flexibility index (Phi) is 5.20. The van der Waals surface area contributed by atoms with Crippen molar-refractivity contribution in [2.24, 2.45) is 0 Å². The molecule has 4 nitrogen and oxygen atoms in total. The number of hydrogen-bond acceptors (Lipinski definition) is 4. The highest BCUT2D eigenvalue weighted by Gasteiger charge is 2.37. The summed E-state index contributed by atoms with van der Waals surface area (Å²) in [5.41, 5.74) is 4.89. The SMILES string of the molecule is CCOC(=O)C1=C(O)CC2=C(CCCC2=Cc2ccco2)C1c1ccccc1. The number of hydrogen-bond donors (Lipinski definition) is 1. The summed E-state index contributed by atoms with van der Waals surface area (Å²) in [5, 5.41) is 10.9. The standard InChI is InChI=1S/C24H24O4/c1-2-27-24(26)23-21(25)15-20-17(14-18-11-7-13-28-18)10-6-12-19(20)22(23)16-8-4-3-5-9-16/h3-5,7-9,11,13-14,22,25H,2,6,10,12,15H2,1H3. The summed E-state index contributed by atoms with van der Waals surface area (Å²) in [5.74, 6) is 0.213. The Morgan fingerprint density at radius 1 is 1.21 bits per heavy atom. The van der Waals surface area contributed by atoms with Crippen molar-refractivity contribution in [1.29, 1.82) is 0 Å². The molecule has 2 aliphatic rings. The Bertz CT molecular complexity index is 946. The van der Waals surface area contributed by atoms with E-state index in [-0.39, 0.29) is 18.3 Å². The first-order valence-electron chi connectivity index (χ1n) is 9.79. The average molecular weight is 376 g/mol. The van der Waals surface area contributed by atoms with E-state index < -0.39 is 5.97 Å². The third kappa shape index (κ3) is 3.42. The van der Waals surface area contributed by atoms with Gasteiger partial charge in [-0.25, -0.2) is 4.79 Å². The van der Waals surface area contributed by atoms with Crippen LogP contribution in [0.3, 0.4) is 0 Å². The van der Waals surface area contributed by atoms with Crippen molar-refractivity contribution in [2.75, 3.05) is 6.61 Å². The number of ether oxygens (including phenoxy) is 1. The second-order valence-electron chi connectivity index (χ2n) is 7.14. The van der Waals surface area contributed by atoms with Crippen LogP contribution in [0, 0.1) is 0 Å². The molecule has 1 unspecified atom stereocenters. The molecule has 2 aromatic rings. The van der Waals surface area contributed by atoms with Crippen LogP contribution in [-0.4, -0.2) is 17.7 Å². The number of carbonyl (C=O) groups excluding carboxylic acids is 1. The first kappa shape index (κ1) is 18.4. The van der Waals surface area contributed by atoms with Gasteiger partial charge in [0.25, 0.3) is 0 Å². The molecule has 1 aromatic heterocycles. The Hall–Kier alpha value is -3.01. The van der Waals surface area contributed by atoms with Crippen LogP contribution in [0.5, 0.6) is 0 Å². The maximum absolute atomic E-state index is 12.7. The van der Waals surface area contributed by atoms with Crippen LogP contribution >= 0.6 is 0 Å². The van der Waals surface area contributed by atoms with Crippen LogP contribution in [-0.2, 0) is 9.53 Å². The van der Waals surface area contributed by atoms with E-state index in [1.807, 2.05) is 42.5 Å². The van der Waals surface area contributed by atoms with Gasteiger partial charge in [-0.1, -0.05) is 35.9 Å². The normalized spacial score (nSPS) is 21.0. The highest BCUT2D eigenvalue weighted by molar-refractivity contribution is 5.92. The molecule has 0 saturated heterocycles. The van der Waals surface area contributed by atoms with Gasteiger partial charge in [0.15, 0.2) is 0 Å². The predicted octanol–water partition coefficient (Wildman–Crippen LogP) is 5.71. The molecule has 1 N–H and O–H groups in total. The van der Waals surface area contributed by atoms with E-state index >= 15 is 0 Å². The fourth-order valence-electron chi connectivity index (χ4n) is 4.29. The molecule has 0 radical (unpaired) electrons. The van der Waals surface area contributed by atoms with Crippen LogP contribution in [0.2, 0.25) is 0 Å². The summed E-state index contributed by atoms with van der Waals surface area (Å²) in [4.78, 5) is 12.7. The molecular formula is C24H24O4. The number of aliphatic hydroxyl groups excluding tert-OH is 1. The quantitative estimate of drug-likeness (QED) is 0.695. The second-order valence-corrected chi connectivity index (χ2v) is 7.14. The zero-order valence-corrected chi connectivity index (χ0v) is 16.0. The van der Waals surface area contributed by atoms with Crippen LogP contribution in [0.15, 0.2) is 81.2 Å². The highest BCUT2D eigenvalue weighted by atomic mass is 16.5. The van der Waals surface area contributed by atoms with Crippen molar-refractivity contribution in [2.45, 2.75) is 38.5 Å². The van der Waals surface area contributed by atoms with Crippen LogP contribution in [0.25, 0.3) is 6.08 Å². The lowest BCUT2D eigenvalue weighted by Gasteiger charge is -2.34. The molecule has 1 atom stereocenters. The molecule has 144 valence electrons. The molecule has 0 aliphatic heterocycles. The maximum atomic E-state index is 12.7. The molecule has 2 aliphatic carbocycles. The molecule has 28 heavy (non-hydrogen) atoms. The topological polar surface area (TPSA) is 59.7 Å². The summed E-state index contributed by atoms with van der Waals surface area (Å²) >= 11 is 0. The molecule has 4 heteroatoms. The van der Waals surface area contributed by atoms with E-state index in [9.17, 15) is 9.90 Å². The molecule has 0 saturated carbocycles. The van der Waals surface area contributed by atoms with Crippen molar-refractivity contribution >= 4 is 12.0 Å². The van der Waals surface area contributed by atoms with E-state index in [1.165, 1.54) is 11.1 Å². The second kappa shape index (κ2) is 7.93. The fraction of sp³-hybridized carbons (Fsp3) is 0.292. The number of benzene rings is 1. The first-order chi connectivity index (χ1) is 13.7. The number of allylic oxidation sites excluding steroid dienone is 3. The van der Waals surface area contributed by atoms with Gasteiger partial charge in [-0.3, -0.25) is 0 Å². The van der Waals surface area contributed by atoms with E-state index in [0.717, 1.165) is 36.2 Å². The fourth-order valence-corrected chi connectivity index (χ4v) is 4.29. The van der Waals surface area contributed by atoms with Gasteiger partial charge < -0.3 is 14.3 Å². The number of rotatable bonds is 4. The molecule has 1 heterocycles. The van der Waals surface area contributed by atoms with Crippen molar-refractivity contribution in [3.05, 3.63) is 88.1 Å². The van der Waals surface area contributed by atoms with Gasteiger partial charge >= 0.3 is 5.97 Å². The summed E-state index contributed by atoms with van der Waals surface area (Å²) in [6.07, 6.45) is 6.92. The number of furan rings is 1. The van der Waals surface area contributed by atoms with Gasteiger partial charge in [-0.2, -0.15) is 0 Å². The average Bonchev–Trinajstić information content (AvgIpc) is 3.21.